The van der Waals surface area contributed by atoms with Crippen LogP contribution in [0.4, 0.5) is 0 Å². The summed E-state index contributed by atoms with van der Waals surface area (Å²) < 4.78 is 5.05. The Morgan fingerprint density at radius 3 is 2.68 bits per heavy atom. The number of thioether (sulfide) groups is 1. The van der Waals surface area contributed by atoms with Crippen molar-refractivity contribution < 1.29 is 14.3 Å². The summed E-state index contributed by atoms with van der Waals surface area (Å²) in [4.78, 5) is 44.8. The van der Waals surface area contributed by atoms with E-state index in [1.54, 1.807) is 13.8 Å². The van der Waals surface area contributed by atoms with Gasteiger partial charge in [0.25, 0.3) is 5.56 Å². The van der Waals surface area contributed by atoms with Crippen molar-refractivity contribution in [2.45, 2.75) is 46.3 Å². The van der Waals surface area contributed by atoms with Gasteiger partial charge in [-0.25, -0.2) is 9.78 Å². The third kappa shape index (κ3) is 5.57. The number of fused-ring (bicyclic) bond motifs is 1. The Bertz CT molecular complexity index is 904. The molecule has 0 aliphatic heterocycles. The van der Waals surface area contributed by atoms with Crippen LogP contribution in [0.1, 0.15) is 60.4 Å². The second-order valence-corrected chi connectivity index (χ2v) is 9.22. The van der Waals surface area contributed by atoms with E-state index in [1.165, 1.54) is 11.8 Å². The summed E-state index contributed by atoms with van der Waals surface area (Å²) in [5.74, 6) is 0.858. The van der Waals surface area contributed by atoms with Crippen molar-refractivity contribution in [1.82, 2.24) is 15.3 Å². The Labute approximate surface area is 172 Å². The Kier molecular flexibility index (Phi) is 8.06. The number of hydrogen-bond acceptors (Lipinski definition) is 7. The molecule has 0 radical (unpaired) electrons. The number of hydrogen-bond donors (Lipinski definition) is 2. The number of carbonyl (C=O) groups is 2. The highest BCUT2D eigenvalue weighted by atomic mass is 32.2. The van der Waals surface area contributed by atoms with E-state index < -0.39 is 5.97 Å². The van der Waals surface area contributed by atoms with Crippen molar-refractivity contribution in [3.63, 3.8) is 0 Å². The van der Waals surface area contributed by atoms with E-state index in [0.717, 1.165) is 17.8 Å². The molecule has 0 aromatic carbocycles. The molecule has 1 atom stereocenters. The lowest BCUT2D eigenvalue weighted by Gasteiger charge is -2.11. The highest BCUT2D eigenvalue weighted by Crippen LogP contribution is 2.30. The zero-order chi connectivity index (χ0) is 20.8. The molecule has 7 nitrogen and oxygen atoms in total. The molecule has 154 valence electrons. The minimum absolute atomic E-state index is 0.0301. The van der Waals surface area contributed by atoms with Crippen LogP contribution in [-0.4, -0.2) is 40.7 Å². The van der Waals surface area contributed by atoms with E-state index in [0.29, 0.717) is 44.7 Å². The molecule has 0 saturated carbocycles. The smallest absolute Gasteiger partial charge is 0.348 e. The number of ether oxygens (including phenoxy) is 1. The van der Waals surface area contributed by atoms with Gasteiger partial charge in [-0.05, 0) is 38.7 Å². The van der Waals surface area contributed by atoms with Gasteiger partial charge in [0, 0.05) is 6.54 Å². The number of thiophene rings is 1. The van der Waals surface area contributed by atoms with Crippen LogP contribution in [0.25, 0.3) is 10.2 Å². The molecule has 0 fully saturated rings. The van der Waals surface area contributed by atoms with Crippen LogP contribution in [0.3, 0.4) is 0 Å². The largest absolute Gasteiger partial charge is 0.462 e. The van der Waals surface area contributed by atoms with Gasteiger partial charge >= 0.3 is 5.97 Å². The van der Waals surface area contributed by atoms with Gasteiger partial charge in [-0.15, -0.1) is 23.1 Å². The van der Waals surface area contributed by atoms with Gasteiger partial charge in [0.15, 0.2) is 0 Å². The molecule has 0 aliphatic carbocycles. The number of H-pyrrole nitrogens is 1. The first-order valence-corrected chi connectivity index (χ1v) is 11.2. The molecule has 0 bridgehead atoms. The molecule has 0 aliphatic rings. The fourth-order valence-electron chi connectivity index (χ4n) is 2.58. The summed E-state index contributed by atoms with van der Waals surface area (Å²) in [5, 5.41) is 3.15. The minimum atomic E-state index is -0.440. The Balaban J connectivity index is 2.11. The molecule has 0 saturated heterocycles. The van der Waals surface area contributed by atoms with Gasteiger partial charge in [0.1, 0.15) is 15.5 Å². The van der Waals surface area contributed by atoms with Gasteiger partial charge in [0.2, 0.25) is 5.91 Å². The maximum absolute atomic E-state index is 12.5. The van der Waals surface area contributed by atoms with Gasteiger partial charge in [-0.1, -0.05) is 13.8 Å². The number of aromatic amines is 1. The number of aromatic nitrogens is 2. The average Bonchev–Trinajstić information content (AvgIpc) is 2.96. The van der Waals surface area contributed by atoms with Gasteiger partial charge in [-0.2, -0.15) is 0 Å². The van der Waals surface area contributed by atoms with Crippen LogP contribution in [0, 0.1) is 12.8 Å². The summed E-state index contributed by atoms with van der Waals surface area (Å²) in [6, 6.07) is 0. The zero-order valence-electron chi connectivity index (χ0n) is 16.9. The van der Waals surface area contributed by atoms with Crippen LogP contribution in [0.15, 0.2) is 4.79 Å². The number of nitrogens with zero attached hydrogens (tertiary/aromatic N) is 1. The summed E-state index contributed by atoms with van der Waals surface area (Å²) in [6.45, 7) is 10.5. The molecule has 2 heterocycles. The molecule has 9 heteroatoms. The predicted octanol–water partition coefficient (Wildman–Crippen LogP) is 3.43. The third-order valence-electron chi connectivity index (χ3n) is 4.17. The molecule has 2 rings (SSSR count). The lowest BCUT2D eigenvalue weighted by molar-refractivity contribution is -0.118. The number of esters is 1. The van der Waals surface area contributed by atoms with Crippen LogP contribution >= 0.6 is 23.1 Å². The topological polar surface area (TPSA) is 101 Å². The van der Waals surface area contributed by atoms with Gasteiger partial charge in [0.05, 0.1) is 23.0 Å². The Morgan fingerprint density at radius 2 is 2.04 bits per heavy atom. The van der Waals surface area contributed by atoms with Gasteiger partial charge in [-0.3, -0.25) is 9.59 Å². The van der Waals surface area contributed by atoms with Crippen LogP contribution < -0.4 is 10.9 Å². The summed E-state index contributed by atoms with van der Waals surface area (Å²) in [5.41, 5.74) is 0.307. The summed E-state index contributed by atoms with van der Waals surface area (Å²) >= 11 is 2.57. The van der Waals surface area contributed by atoms with Crippen molar-refractivity contribution in [2.24, 2.45) is 5.92 Å². The highest BCUT2D eigenvalue weighted by molar-refractivity contribution is 8.00. The molecule has 2 aromatic heterocycles. The molecule has 28 heavy (non-hydrogen) atoms. The monoisotopic (exact) mass is 425 g/mol. The fraction of sp³-hybridized carbons (Fsp3) is 0.579. The summed E-state index contributed by atoms with van der Waals surface area (Å²) in [6.07, 6.45) is 0.942. The van der Waals surface area contributed by atoms with Crippen LogP contribution in [0.5, 0.6) is 0 Å². The first kappa shape index (κ1) is 22.4. The number of nitrogens with one attached hydrogen (secondary N) is 2. The Morgan fingerprint density at radius 1 is 1.32 bits per heavy atom. The second kappa shape index (κ2) is 10.1. The molecular weight excluding hydrogens is 398 g/mol. The molecule has 0 unspecified atom stereocenters. The van der Waals surface area contributed by atoms with Gasteiger partial charge < -0.3 is 15.0 Å². The highest BCUT2D eigenvalue weighted by Gasteiger charge is 2.21. The van der Waals surface area contributed by atoms with Crippen molar-refractivity contribution in [3.05, 3.63) is 26.6 Å². The van der Waals surface area contributed by atoms with E-state index in [4.69, 9.17) is 4.74 Å². The predicted molar refractivity (Wildman–Crippen MR) is 114 cm³/mol. The van der Waals surface area contributed by atoms with Crippen molar-refractivity contribution in [3.8, 4) is 0 Å². The molecule has 1 amide bonds. The van der Waals surface area contributed by atoms with E-state index >= 15 is 0 Å². The SMILES string of the molecule is CCOC(=O)c1sc2nc([C@H](C)SCC(=O)NCCC(C)C)[nH]c(=O)c2c1C. The van der Waals surface area contributed by atoms with Crippen molar-refractivity contribution in [2.75, 3.05) is 18.9 Å². The van der Waals surface area contributed by atoms with E-state index in [1.807, 2.05) is 6.92 Å². The number of carbonyl (C=O) groups excluding carboxylic acids is 2. The maximum Gasteiger partial charge on any atom is 0.348 e. The number of rotatable bonds is 9. The quantitative estimate of drug-likeness (QED) is 0.597. The first-order chi connectivity index (χ1) is 13.2. The minimum Gasteiger partial charge on any atom is -0.462 e. The zero-order valence-corrected chi connectivity index (χ0v) is 18.5. The van der Waals surface area contributed by atoms with Crippen LogP contribution in [0.2, 0.25) is 0 Å². The fourth-order valence-corrected chi connectivity index (χ4v) is 4.43. The normalized spacial score (nSPS) is 12.4. The lowest BCUT2D eigenvalue weighted by atomic mass is 10.1. The summed E-state index contributed by atoms with van der Waals surface area (Å²) in [7, 11) is 0. The van der Waals surface area contributed by atoms with Crippen LogP contribution in [-0.2, 0) is 9.53 Å². The maximum atomic E-state index is 12.5. The molecule has 2 aromatic rings. The van der Waals surface area contributed by atoms with Crippen molar-refractivity contribution >= 4 is 45.2 Å². The lowest BCUT2D eigenvalue weighted by Crippen LogP contribution is -2.27. The number of aryl methyl sites for hydroxylation is 1. The van der Waals surface area contributed by atoms with E-state index in [9.17, 15) is 14.4 Å². The Hall–Kier alpha value is -1.87. The molecular formula is C19H27N3O4S2. The second-order valence-electron chi connectivity index (χ2n) is 6.89. The first-order valence-electron chi connectivity index (χ1n) is 9.33. The number of amides is 1. The average molecular weight is 426 g/mol. The van der Waals surface area contributed by atoms with E-state index in [2.05, 4.69) is 29.1 Å². The molecule has 2 N–H and O–H groups in total. The third-order valence-corrected chi connectivity index (χ3v) is 6.49. The molecule has 0 spiro atoms. The van der Waals surface area contributed by atoms with Crippen molar-refractivity contribution in [1.29, 1.82) is 0 Å². The van der Waals surface area contributed by atoms with E-state index in [-0.39, 0.29) is 23.3 Å². The standard InChI is InChI=1S/C19H27N3O4S2/c1-6-26-19(25)15-11(4)14-17(24)21-16(22-18(14)28-15)12(5)27-9-13(23)20-8-7-10(2)3/h10,12H,6-9H2,1-5H3,(H,20,23)(H,21,22,24)/t12-/m0/s1.